The SMILES string of the molecule is COc1ccc(Nc2ccccc2C(C)C)cc1F. The van der Waals surface area contributed by atoms with E-state index in [0.29, 0.717) is 11.6 Å². The number of benzene rings is 2. The zero-order chi connectivity index (χ0) is 13.8. The molecule has 0 bridgehead atoms. The molecule has 19 heavy (non-hydrogen) atoms. The first-order valence-electron chi connectivity index (χ1n) is 6.31. The highest BCUT2D eigenvalue weighted by Gasteiger charge is 2.08. The van der Waals surface area contributed by atoms with Gasteiger partial charge in [-0.15, -0.1) is 0 Å². The topological polar surface area (TPSA) is 21.3 Å². The van der Waals surface area contributed by atoms with Gasteiger partial charge in [0.25, 0.3) is 0 Å². The van der Waals surface area contributed by atoms with Gasteiger partial charge in [-0.05, 0) is 29.7 Å². The second-order valence-electron chi connectivity index (χ2n) is 4.72. The van der Waals surface area contributed by atoms with E-state index in [-0.39, 0.29) is 11.6 Å². The molecule has 2 nitrogen and oxygen atoms in total. The van der Waals surface area contributed by atoms with Gasteiger partial charge in [0.1, 0.15) is 0 Å². The molecule has 0 aliphatic heterocycles. The molecular formula is C16H18FNO. The van der Waals surface area contributed by atoms with E-state index in [0.717, 1.165) is 5.69 Å². The van der Waals surface area contributed by atoms with Crippen molar-refractivity contribution in [3.63, 3.8) is 0 Å². The van der Waals surface area contributed by atoms with Crippen LogP contribution in [0.1, 0.15) is 25.3 Å². The summed E-state index contributed by atoms with van der Waals surface area (Å²) in [5, 5.41) is 3.25. The van der Waals surface area contributed by atoms with Crippen molar-refractivity contribution in [2.45, 2.75) is 19.8 Å². The van der Waals surface area contributed by atoms with E-state index in [9.17, 15) is 4.39 Å². The van der Waals surface area contributed by atoms with E-state index in [4.69, 9.17) is 4.74 Å². The maximum Gasteiger partial charge on any atom is 0.167 e. The highest BCUT2D eigenvalue weighted by molar-refractivity contribution is 5.64. The minimum absolute atomic E-state index is 0.252. The van der Waals surface area contributed by atoms with Gasteiger partial charge < -0.3 is 10.1 Å². The highest BCUT2D eigenvalue weighted by atomic mass is 19.1. The summed E-state index contributed by atoms with van der Waals surface area (Å²) in [5.41, 5.74) is 2.92. The number of methoxy groups -OCH3 is 1. The first-order valence-corrected chi connectivity index (χ1v) is 6.31. The fraction of sp³-hybridized carbons (Fsp3) is 0.250. The highest BCUT2D eigenvalue weighted by Crippen LogP contribution is 2.28. The van der Waals surface area contributed by atoms with Crippen LogP contribution in [-0.2, 0) is 0 Å². The van der Waals surface area contributed by atoms with Crippen LogP contribution in [0.25, 0.3) is 0 Å². The number of hydrogen-bond donors (Lipinski definition) is 1. The minimum Gasteiger partial charge on any atom is -0.494 e. The first-order chi connectivity index (χ1) is 9.11. The third-order valence-corrected chi connectivity index (χ3v) is 3.01. The molecule has 0 aliphatic rings. The van der Waals surface area contributed by atoms with E-state index < -0.39 is 0 Å². The van der Waals surface area contributed by atoms with Gasteiger partial charge in [0.05, 0.1) is 7.11 Å². The van der Waals surface area contributed by atoms with Crippen molar-refractivity contribution in [1.29, 1.82) is 0 Å². The molecule has 0 fully saturated rings. The van der Waals surface area contributed by atoms with E-state index in [2.05, 4.69) is 25.2 Å². The van der Waals surface area contributed by atoms with E-state index in [1.807, 2.05) is 18.2 Å². The van der Waals surface area contributed by atoms with Crippen LogP contribution in [0.4, 0.5) is 15.8 Å². The molecule has 0 heterocycles. The average molecular weight is 259 g/mol. The lowest BCUT2D eigenvalue weighted by atomic mass is 10.0. The van der Waals surface area contributed by atoms with Crippen LogP contribution in [0.3, 0.4) is 0 Å². The molecule has 0 aliphatic carbocycles. The molecule has 0 aromatic heterocycles. The predicted molar refractivity (Wildman–Crippen MR) is 76.8 cm³/mol. The second kappa shape index (κ2) is 5.74. The molecule has 2 aromatic carbocycles. The van der Waals surface area contributed by atoms with E-state index in [1.165, 1.54) is 18.7 Å². The number of halogens is 1. The second-order valence-corrected chi connectivity index (χ2v) is 4.72. The number of nitrogens with one attached hydrogen (secondary N) is 1. The number of hydrogen-bond acceptors (Lipinski definition) is 2. The molecule has 2 rings (SSSR count). The van der Waals surface area contributed by atoms with Crippen LogP contribution >= 0.6 is 0 Å². The third-order valence-electron chi connectivity index (χ3n) is 3.01. The van der Waals surface area contributed by atoms with Gasteiger partial charge in [0.15, 0.2) is 11.6 Å². The zero-order valence-corrected chi connectivity index (χ0v) is 11.4. The van der Waals surface area contributed by atoms with Gasteiger partial charge in [0, 0.05) is 17.4 Å². The van der Waals surface area contributed by atoms with Gasteiger partial charge in [-0.1, -0.05) is 32.0 Å². The summed E-state index contributed by atoms with van der Waals surface area (Å²) in [5.74, 6) is 0.295. The van der Waals surface area contributed by atoms with Crippen LogP contribution < -0.4 is 10.1 Å². The third kappa shape index (κ3) is 3.05. The Balaban J connectivity index is 2.29. The number of ether oxygens (including phenoxy) is 1. The monoisotopic (exact) mass is 259 g/mol. The Labute approximate surface area is 113 Å². The summed E-state index contributed by atoms with van der Waals surface area (Å²) in [6, 6.07) is 12.9. The zero-order valence-electron chi connectivity index (χ0n) is 11.4. The van der Waals surface area contributed by atoms with Crippen LogP contribution in [0.2, 0.25) is 0 Å². The van der Waals surface area contributed by atoms with Crippen molar-refractivity contribution in [3.05, 3.63) is 53.8 Å². The predicted octanol–water partition coefficient (Wildman–Crippen LogP) is 4.70. The smallest absolute Gasteiger partial charge is 0.167 e. The maximum absolute atomic E-state index is 13.6. The number of para-hydroxylation sites is 1. The Hall–Kier alpha value is -2.03. The minimum atomic E-state index is -0.366. The summed E-state index contributed by atoms with van der Waals surface area (Å²) in [6.07, 6.45) is 0. The van der Waals surface area contributed by atoms with Crippen LogP contribution in [0.5, 0.6) is 5.75 Å². The van der Waals surface area contributed by atoms with Crippen molar-refractivity contribution in [2.24, 2.45) is 0 Å². The van der Waals surface area contributed by atoms with Crippen LogP contribution in [0, 0.1) is 5.82 Å². The fourth-order valence-corrected chi connectivity index (χ4v) is 2.01. The molecule has 0 amide bonds. The van der Waals surface area contributed by atoms with Gasteiger partial charge in [-0.2, -0.15) is 0 Å². The summed E-state index contributed by atoms with van der Waals surface area (Å²) in [6.45, 7) is 4.27. The molecule has 0 atom stereocenters. The quantitative estimate of drug-likeness (QED) is 0.859. The Bertz CT molecular complexity index is 566. The van der Waals surface area contributed by atoms with Gasteiger partial charge >= 0.3 is 0 Å². The van der Waals surface area contributed by atoms with Gasteiger partial charge in [-0.25, -0.2) is 4.39 Å². The Morgan fingerprint density at radius 1 is 1.11 bits per heavy atom. The number of rotatable bonds is 4. The molecule has 2 aromatic rings. The summed E-state index contributed by atoms with van der Waals surface area (Å²) >= 11 is 0. The average Bonchev–Trinajstić information content (AvgIpc) is 2.39. The van der Waals surface area contributed by atoms with Crippen molar-refractivity contribution in [1.82, 2.24) is 0 Å². The maximum atomic E-state index is 13.6. The molecule has 1 N–H and O–H groups in total. The molecule has 0 saturated carbocycles. The first kappa shape index (κ1) is 13.4. The van der Waals surface area contributed by atoms with Crippen LogP contribution in [0.15, 0.2) is 42.5 Å². The van der Waals surface area contributed by atoms with Crippen LogP contribution in [-0.4, -0.2) is 7.11 Å². The fourth-order valence-electron chi connectivity index (χ4n) is 2.01. The van der Waals surface area contributed by atoms with Crippen molar-refractivity contribution < 1.29 is 9.13 Å². The standard InChI is InChI=1S/C16H18FNO/c1-11(2)13-6-4-5-7-15(13)18-12-8-9-16(19-3)14(17)10-12/h4-11,18H,1-3H3. The Kier molecular flexibility index (Phi) is 4.05. The Morgan fingerprint density at radius 3 is 2.47 bits per heavy atom. The van der Waals surface area contributed by atoms with Crippen molar-refractivity contribution in [2.75, 3.05) is 12.4 Å². The van der Waals surface area contributed by atoms with E-state index in [1.54, 1.807) is 12.1 Å². The van der Waals surface area contributed by atoms with Crippen molar-refractivity contribution in [3.8, 4) is 5.75 Å². The molecule has 100 valence electrons. The molecule has 3 heteroatoms. The lowest BCUT2D eigenvalue weighted by Crippen LogP contribution is -1.98. The van der Waals surface area contributed by atoms with Crippen molar-refractivity contribution >= 4 is 11.4 Å². The van der Waals surface area contributed by atoms with E-state index >= 15 is 0 Å². The summed E-state index contributed by atoms with van der Waals surface area (Å²) in [7, 11) is 1.46. The lowest BCUT2D eigenvalue weighted by molar-refractivity contribution is 0.386. The number of anilines is 2. The molecule has 0 radical (unpaired) electrons. The molecule has 0 saturated heterocycles. The van der Waals surface area contributed by atoms with Gasteiger partial charge in [-0.3, -0.25) is 0 Å². The summed E-state index contributed by atoms with van der Waals surface area (Å²) < 4.78 is 18.6. The molecule has 0 unspecified atom stereocenters. The molecular weight excluding hydrogens is 241 g/mol. The lowest BCUT2D eigenvalue weighted by Gasteiger charge is -2.15. The molecule has 0 spiro atoms. The Morgan fingerprint density at radius 2 is 1.84 bits per heavy atom. The normalized spacial score (nSPS) is 10.6. The largest absolute Gasteiger partial charge is 0.494 e. The summed E-state index contributed by atoms with van der Waals surface area (Å²) in [4.78, 5) is 0. The van der Waals surface area contributed by atoms with Gasteiger partial charge in [0.2, 0.25) is 0 Å².